The van der Waals surface area contributed by atoms with Crippen LogP contribution in [0.5, 0.6) is 0 Å². The van der Waals surface area contributed by atoms with Crippen LogP contribution in [0.25, 0.3) is 0 Å². The van der Waals surface area contributed by atoms with Crippen LogP contribution in [0, 0.1) is 6.92 Å². The summed E-state index contributed by atoms with van der Waals surface area (Å²) in [6, 6.07) is 14.8. The Morgan fingerprint density at radius 2 is 1.85 bits per heavy atom. The van der Waals surface area contributed by atoms with Gasteiger partial charge in [-0.2, -0.15) is 4.98 Å². The van der Waals surface area contributed by atoms with Gasteiger partial charge in [-0.3, -0.25) is 4.79 Å². The summed E-state index contributed by atoms with van der Waals surface area (Å²) >= 11 is 1.39. The third kappa shape index (κ3) is 6.35. The van der Waals surface area contributed by atoms with Crippen molar-refractivity contribution in [2.45, 2.75) is 36.8 Å². The van der Waals surface area contributed by atoms with Crippen molar-refractivity contribution in [2.24, 2.45) is 0 Å². The van der Waals surface area contributed by atoms with Gasteiger partial charge in [-0.1, -0.05) is 17.3 Å². The van der Waals surface area contributed by atoms with Crippen LogP contribution in [-0.2, 0) is 15.3 Å². The normalized spacial score (nSPS) is 13.5. The number of hydrogen-bond donors (Lipinski definition) is 1. The average Bonchev–Trinajstić information content (AvgIpc) is 3.27. The van der Waals surface area contributed by atoms with Crippen LogP contribution >= 0.6 is 11.8 Å². The highest BCUT2D eigenvalue weighted by molar-refractivity contribution is 7.98. The Balaban J connectivity index is 1.28. The highest BCUT2D eigenvalue weighted by Gasteiger charge is 2.16. The number of benzene rings is 2. The fourth-order valence-corrected chi connectivity index (χ4v) is 4.49. The van der Waals surface area contributed by atoms with E-state index in [2.05, 4.69) is 20.4 Å². The van der Waals surface area contributed by atoms with E-state index >= 15 is 0 Å². The summed E-state index contributed by atoms with van der Waals surface area (Å²) in [5, 5.41) is 6.54. The maximum absolute atomic E-state index is 12.6. The molecular weight excluding hydrogens is 440 g/mol. The summed E-state index contributed by atoms with van der Waals surface area (Å²) in [5.74, 6) is 0.520. The molecule has 0 radical (unpaired) electrons. The lowest BCUT2D eigenvalue weighted by Gasteiger charge is -2.28. The lowest BCUT2D eigenvalue weighted by molar-refractivity contribution is -0.119. The molecule has 1 fully saturated rings. The van der Waals surface area contributed by atoms with Crippen molar-refractivity contribution in [3.8, 4) is 0 Å². The van der Waals surface area contributed by atoms with E-state index in [1.54, 1.807) is 19.1 Å². The minimum Gasteiger partial charge on any atom is -0.452 e. The quantitative estimate of drug-likeness (QED) is 0.384. The van der Waals surface area contributed by atoms with Crippen molar-refractivity contribution < 1.29 is 18.8 Å². The van der Waals surface area contributed by atoms with Crippen LogP contribution in [0.3, 0.4) is 0 Å². The molecule has 2 aromatic carbocycles. The molecule has 1 aromatic heterocycles. The molecular formula is C24H26N4O4S. The van der Waals surface area contributed by atoms with E-state index in [1.807, 2.05) is 36.4 Å². The minimum absolute atomic E-state index is 0.367. The van der Waals surface area contributed by atoms with Crippen LogP contribution in [0.4, 0.5) is 11.4 Å². The molecule has 4 rings (SSSR count). The fraction of sp³-hybridized carbons (Fsp3) is 0.333. The number of nitrogens with zero attached hydrogens (tertiary/aromatic N) is 3. The Morgan fingerprint density at radius 3 is 2.58 bits per heavy atom. The van der Waals surface area contributed by atoms with Crippen molar-refractivity contribution in [3.05, 3.63) is 65.8 Å². The number of piperidine rings is 1. The number of rotatable bonds is 8. The Kier molecular flexibility index (Phi) is 7.62. The molecule has 33 heavy (non-hydrogen) atoms. The van der Waals surface area contributed by atoms with Gasteiger partial charge < -0.3 is 19.5 Å². The number of ether oxygens (including phenoxy) is 1. The average molecular weight is 467 g/mol. The highest BCUT2D eigenvalue weighted by atomic mass is 32.2. The smallest absolute Gasteiger partial charge is 0.339 e. The van der Waals surface area contributed by atoms with Crippen molar-refractivity contribution >= 4 is 35.0 Å². The van der Waals surface area contributed by atoms with Crippen molar-refractivity contribution in [1.29, 1.82) is 0 Å². The predicted octanol–water partition coefficient (Wildman–Crippen LogP) is 4.46. The molecule has 9 heteroatoms. The van der Waals surface area contributed by atoms with Crippen LogP contribution in [0.15, 0.2) is 57.9 Å². The van der Waals surface area contributed by atoms with Crippen LogP contribution in [-0.4, -0.2) is 41.7 Å². The van der Waals surface area contributed by atoms with Gasteiger partial charge in [0.15, 0.2) is 12.4 Å². The maximum atomic E-state index is 12.6. The SMILES string of the molecule is Cc1noc(CSc2ccccc2C(=O)OCC(=O)Nc2ccc(N3CCCCC3)cc2)n1. The number of hydrogen-bond acceptors (Lipinski definition) is 8. The second-order valence-corrected chi connectivity index (χ2v) is 8.76. The molecule has 0 bridgehead atoms. The first kappa shape index (κ1) is 22.8. The van der Waals surface area contributed by atoms with Gasteiger partial charge >= 0.3 is 5.97 Å². The van der Waals surface area contributed by atoms with E-state index in [-0.39, 0.29) is 12.5 Å². The first-order chi connectivity index (χ1) is 16.1. The largest absolute Gasteiger partial charge is 0.452 e. The second-order valence-electron chi connectivity index (χ2n) is 7.74. The van der Waals surface area contributed by atoms with Gasteiger partial charge in [0.2, 0.25) is 5.89 Å². The van der Waals surface area contributed by atoms with E-state index in [9.17, 15) is 9.59 Å². The molecule has 1 aliphatic rings. The summed E-state index contributed by atoms with van der Waals surface area (Å²) in [4.78, 5) is 32.1. The Hall–Kier alpha value is -3.33. The van der Waals surface area contributed by atoms with Gasteiger partial charge in [0, 0.05) is 29.4 Å². The van der Waals surface area contributed by atoms with Gasteiger partial charge in [-0.25, -0.2) is 4.79 Å². The van der Waals surface area contributed by atoms with E-state index in [0.717, 1.165) is 18.8 Å². The molecule has 3 aromatic rings. The van der Waals surface area contributed by atoms with E-state index in [0.29, 0.717) is 33.6 Å². The molecule has 1 N–H and O–H groups in total. The van der Waals surface area contributed by atoms with Crippen molar-refractivity contribution in [2.75, 3.05) is 29.9 Å². The second kappa shape index (κ2) is 11.0. The Labute approximate surface area is 196 Å². The zero-order chi connectivity index (χ0) is 23.0. The van der Waals surface area contributed by atoms with Gasteiger partial charge in [0.25, 0.3) is 5.91 Å². The predicted molar refractivity (Wildman–Crippen MR) is 126 cm³/mol. The zero-order valence-corrected chi connectivity index (χ0v) is 19.3. The number of esters is 1. The number of aryl methyl sites for hydroxylation is 1. The molecule has 1 saturated heterocycles. The van der Waals surface area contributed by atoms with Gasteiger partial charge in [-0.05, 0) is 62.6 Å². The summed E-state index contributed by atoms with van der Waals surface area (Å²) in [5.41, 5.74) is 2.21. The Morgan fingerprint density at radius 1 is 1.09 bits per heavy atom. The van der Waals surface area contributed by atoms with Gasteiger partial charge in [-0.15, -0.1) is 11.8 Å². The van der Waals surface area contributed by atoms with Crippen LogP contribution < -0.4 is 10.2 Å². The zero-order valence-electron chi connectivity index (χ0n) is 18.5. The monoisotopic (exact) mass is 466 g/mol. The molecule has 1 amide bonds. The molecule has 2 heterocycles. The van der Waals surface area contributed by atoms with Gasteiger partial charge in [0.05, 0.1) is 11.3 Å². The maximum Gasteiger partial charge on any atom is 0.339 e. The summed E-state index contributed by atoms with van der Waals surface area (Å²) in [7, 11) is 0. The van der Waals surface area contributed by atoms with E-state index in [4.69, 9.17) is 9.26 Å². The van der Waals surface area contributed by atoms with Crippen LogP contribution in [0.1, 0.15) is 41.3 Å². The standard InChI is InChI=1S/C24H26N4O4S/c1-17-25-23(32-27-17)16-33-21-8-4-3-7-20(21)24(30)31-15-22(29)26-18-9-11-19(12-10-18)28-13-5-2-6-14-28/h3-4,7-12H,2,5-6,13-16H2,1H3,(H,26,29). The van der Waals surface area contributed by atoms with Crippen molar-refractivity contribution in [3.63, 3.8) is 0 Å². The molecule has 1 aliphatic heterocycles. The molecule has 0 spiro atoms. The molecule has 8 nitrogen and oxygen atoms in total. The number of carbonyl (C=O) groups excluding carboxylic acids is 2. The topological polar surface area (TPSA) is 97.6 Å². The number of aromatic nitrogens is 2. The highest BCUT2D eigenvalue weighted by Crippen LogP contribution is 2.26. The van der Waals surface area contributed by atoms with E-state index < -0.39 is 5.97 Å². The Bertz CT molecular complexity index is 1090. The summed E-state index contributed by atoms with van der Waals surface area (Å²) < 4.78 is 10.4. The molecule has 0 unspecified atom stereocenters. The molecule has 0 saturated carbocycles. The third-order valence-electron chi connectivity index (χ3n) is 5.23. The first-order valence-electron chi connectivity index (χ1n) is 10.9. The van der Waals surface area contributed by atoms with E-state index in [1.165, 1.54) is 31.0 Å². The third-order valence-corrected chi connectivity index (χ3v) is 6.29. The number of nitrogens with one attached hydrogen (secondary N) is 1. The summed E-state index contributed by atoms with van der Waals surface area (Å²) in [6.07, 6.45) is 3.70. The number of anilines is 2. The lowest BCUT2D eigenvalue weighted by Crippen LogP contribution is -2.29. The van der Waals surface area contributed by atoms with Crippen LogP contribution in [0.2, 0.25) is 0 Å². The minimum atomic E-state index is -0.560. The van der Waals surface area contributed by atoms with Gasteiger partial charge in [0.1, 0.15) is 0 Å². The number of thioether (sulfide) groups is 1. The molecule has 172 valence electrons. The van der Waals surface area contributed by atoms with Crippen molar-refractivity contribution in [1.82, 2.24) is 10.1 Å². The lowest BCUT2D eigenvalue weighted by atomic mass is 10.1. The molecule has 0 atom stereocenters. The number of amides is 1. The fourth-order valence-electron chi connectivity index (χ4n) is 3.61. The first-order valence-corrected chi connectivity index (χ1v) is 11.9. The summed E-state index contributed by atoms with van der Waals surface area (Å²) in [6.45, 7) is 3.51. The molecule has 0 aliphatic carbocycles. The number of carbonyl (C=O) groups is 2.